The van der Waals surface area contributed by atoms with Gasteiger partial charge in [0.15, 0.2) is 0 Å². The maximum absolute atomic E-state index is 11.0. The van der Waals surface area contributed by atoms with Crippen LogP contribution >= 0.6 is 12.0 Å². The highest BCUT2D eigenvalue weighted by atomic mass is 32.2. The number of carbonyl (C=O) groups excluding carboxylic acids is 1. The first kappa shape index (κ1) is 35.8. The molecule has 0 aromatic heterocycles. The lowest BCUT2D eigenvalue weighted by molar-refractivity contribution is -0.132. The molecule has 0 unspecified atom stereocenters. The van der Waals surface area contributed by atoms with E-state index in [2.05, 4.69) is 6.92 Å². The van der Waals surface area contributed by atoms with Crippen LogP contribution in [0.15, 0.2) is 0 Å². The largest absolute Gasteiger partial charge is 0.391 e. The molecule has 3 heteroatoms. The van der Waals surface area contributed by atoms with Crippen LogP contribution in [0.5, 0.6) is 0 Å². The van der Waals surface area contributed by atoms with Crippen LogP contribution in [-0.4, -0.2) is 11.7 Å². The SMILES string of the molecule is CCCCCCCCCCCCCCCCCCCCCCCCCCCCCCSOC(=O)CC. The number of hydrogen-bond donors (Lipinski definition) is 0. The number of carbonyl (C=O) groups is 1. The van der Waals surface area contributed by atoms with E-state index in [-0.39, 0.29) is 5.97 Å². The van der Waals surface area contributed by atoms with Crippen molar-refractivity contribution < 1.29 is 8.98 Å². The molecule has 0 spiro atoms. The van der Waals surface area contributed by atoms with E-state index in [0.29, 0.717) is 6.42 Å². The highest BCUT2D eigenvalue weighted by Crippen LogP contribution is 2.16. The molecule has 216 valence electrons. The maximum Gasteiger partial charge on any atom is 0.317 e. The van der Waals surface area contributed by atoms with Gasteiger partial charge in [-0.25, -0.2) is 0 Å². The van der Waals surface area contributed by atoms with Crippen molar-refractivity contribution in [3.8, 4) is 0 Å². The second-order valence-electron chi connectivity index (χ2n) is 11.2. The van der Waals surface area contributed by atoms with Crippen molar-refractivity contribution in [3.63, 3.8) is 0 Å². The van der Waals surface area contributed by atoms with Gasteiger partial charge >= 0.3 is 5.97 Å². The summed E-state index contributed by atoms with van der Waals surface area (Å²) in [5.41, 5.74) is 0. The molecule has 0 radical (unpaired) electrons. The van der Waals surface area contributed by atoms with Crippen LogP contribution in [-0.2, 0) is 8.98 Å². The molecule has 0 rings (SSSR count). The van der Waals surface area contributed by atoms with Gasteiger partial charge in [0.2, 0.25) is 0 Å². The van der Waals surface area contributed by atoms with Gasteiger partial charge in [-0.2, -0.15) is 0 Å². The van der Waals surface area contributed by atoms with E-state index in [9.17, 15) is 4.79 Å². The molecule has 2 nitrogen and oxygen atoms in total. The summed E-state index contributed by atoms with van der Waals surface area (Å²) < 4.78 is 5.03. The van der Waals surface area contributed by atoms with Crippen molar-refractivity contribution in [1.82, 2.24) is 0 Å². The smallest absolute Gasteiger partial charge is 0.317 e. The Bertz CT molecular complexity index is 412. The molecule has 0 aliphatic carbocycles. The Hall–Kier alpha value is -0.180. The Labute approximate surface area is 232 Å². The third-order valence-electron chi connectivity index (χ3n) is 7.52. The van der Waals surface area contributed by atoms with Crippen LogP contribution in [0.2, 0.25) is 0 Å². The second kappa shape index (κ2) is 32.8. The van der Waals surface area contributed by atoms with E-state index in [0.717, 1.165) is 5.75 Å². The Balaban J connectivity index is 3.03. The third kappa shape index (κ3) is 31.8. The zero-order valence-electron chi connectivity index (χ0n) is 24.9. The van der Waals surface area contributed by atoms with E-state index in [1.165, 1.54) is 192 Å². The zero-order chi connectivity index (χ0) is 26.2. The fourth-order valence-corrected chi connectivity index (χ4v) is 5.65. The Morgan fingerprint density at radius 3 is 0.917 bits per heavy atom. The lowest BCUT2D eigenvalue weighted by atomic mass is 10.0. The van der Waals surface area contributed by atoms with Crippen LogP contribution in [0.25, 0.3) is 0 Å². The fraction of sp³-hybridized carbons (Fsp3) is 0.970. The van der Waals surface area contributed by atoms with Crippen LogP contribution in [0.1, 0.15) is 200 Å². The van der Waals surface area contributed by atoms with E-state index in [1.807, 2.05) is 6.92 Å². The van der Waals surface area contributed by atoms with Crippen molar-refractivity contribution in [2.75, 3.05) is 5.75 Å². The summed E-state index contributed by atoms with van der Waals surface area (Å²) in [6.45, 7) is 4.14. The summed E-state index contributed by atoms with van der Waals surface area (Å²) in [5, 5.41) is 0. The van der Waals surface area contributed by atoms with E-state index in [4.69, 9.17) is 4.18 Å². The van der Waals surface area contributed by atoms with Gasteiger partial charge in [0.1, 0.15) is 0 Å². The minimum atomic E-state index is -0.0970. The zero-order valence-corrected chi connectivity index (χ0v) is 25.8. The first-order valence-corrected chi connectivity index (χ1v) is 17.5. The van der Waals surface area contributed by atoms with Gasteiger partial charge in [-0.1, -0.05) is 187 Å². The minimum Gasteiger partial charge on any atom is -0.391 e. The molecule has 0 fully saturated rings. The summed E-state index contributed by atoms with van der Waals surface area (Å²) in [6.07, 6.45) is 40.6. The molecular formula is C33H66O2S. The molecule has 0 bridgehead atoms. The maximum atomic E-state index is 11.0. The molecule has 36 heavy (non-hydrogen) atoms. The third-order valence-corrected chi connectivity index (χ3v) is 8.28. The molecular weight excluding hydrogens is 460 g/mol. The molecule has 0 aliphatic heterocycles. The van der Waals surface area contributed by atoms with Crippen LogP contribution in [0.3, 0.4) is 0 Å². The topological polar surface area (TPSA) is 26.3 Å². The summed E-state index contributed by atoms with van der Waals surface area (Å²) in [4.78, 5) is 11.0. The second-order valence-corrected chi connectivity index (χ2v) is 12.0. The summed E-state index contributed by atoms with van der Waals surface area (Å²) in [7, 11) is 0. The summed E-state index contributed by atoms with van der Waals surface area (Å²) >= 11 is 1.33. The average Bonchev–Trinajstić information content (AvgIpc) is 2.89. The Morgan fingerprint density at radius 1 is 0.417 bits per heavy atom. The normalized spacial score (nSPS) is 11.3. The molecule has 0 heterocycles. The van der Waals surface area contributed by atoms with Gasteiger partial charge in [0.05, 0.1) is 12.0 Å². The van der Waals surface area contributed by atoms with Crippen LogP contribution in [0.4, 0.5) is 0 Å². The first-order chi connectivity index (χ1) is 17.8. The number of unbranched alkanes of at least 4 members (excludes halogenated alkanes) is 27. The van der Waals surface area contributed by atoms with E-state index >= 15 is 0 Å². The van der Waals surface area contributed by atoms with Gasteiger partial charge in [0.25, 0.3) is 0 Å². The molecule has 0 amide bonds. The lowest BCUT2D eigenvalue weighted by Crippen LogP contribution is -1.96. The molecule has 0 aromatic carbocycles. The molecule has 0 atom stereocenters. The van der Waals surface area contributed by atoms with Crippen molar-refractivity contribution in [3.05, 3.63) is 0 Å². The Kier molecular flexibility index (Phi) is 32.7. The van der Waals surface area contributed by atoms with Gasteiger partial charge in [-0.3, -0.25) is 4.79 Å². The monoisotopic (exact) mass is 526 g/mol. The minimum absolute atomic E-state index is 0.0970. The average molecular weight is 527 g/mol. The van der Waals surface area contributed by atoms with Crippen molar-refractivity contribution >= 4 is 18.0 Å². The van der Waals surface area contributed by atoms with Crippen LogP contribution in [0, 0.1) is 0 Å². The fourth-order valence-electron chi connectivity index (χ4n) is 5.00. The highest BCUT2D eigenvalue weighted by Gasteiger charge is 1.99. The van der Waals surface area contributed by atoms with Gasteiger partial charge in [-0.15, -0.1) is 0 Å². The van der Waals surface area contributed by atoms with Crippen LogP contribution < -0.4 is 0 Å². The molecule has 0 saturated heterocycles. The molecule has 0 saturated carbocycles. The summed E-state index contributed by atoms with van der Waals surface area (Å²) in [5.74, 6) is 0.853. The van der Waals surface area contributed by atoms with Gasteiger partial charge in [0, 0.05) is 12.2 Å². The molecule has 0 aromatic rings. The van der Waals surface area contributed by atoms with Crippen molar-refractivity contribution in [2.24, 2.45) is 0 Å². The number of hydrogen-bond acceptors (Lipinski definition) is 3. The van der Waals surface area contributed by atoms with Gasteiger partial charge in [-0.05, 0) is 6.42 Å². The van der Waals surface area contributed by atoms with Crippen molar-refractivity contribution in [2.45, 2.75) is 200 Å². The molecule has 0 aliphatic rings. The van der Waals surface area contributed by atoms with E-state index < -0.39 is 0 Å². The number of rotatable bonds is 31. The first-order valence-electron chi connectivity index (χ1n) is 16.6. The highest BCUT2D eigenvalue weighted by molar-refractivity contribution is 7.95. The predicted molar refractivity (Wildman–Crippen MR) is 164 cm³/mol. The molecule has 0 N–H and O–H groups in total. The predicted octanol–water partition coefficient (Wildman–Crippen LogP) is 12.5. The van der Waals surface area contributed by atoms with E-state index in [1.54, 1.807) is 0 Å². The standard InChI is InChI=1S/C33H66O2S/c1-3-5-6-7-8-9-10-11-12-13-14-15-16-17-18-19-20-21-22-23-24-25-26-27-28-29-30-31-32-36-35-33(34)4-2/h3-32H2,1-2H3. The van der Waals surface area contributed by atoms with Crippen molar-refractivity contribution in [1.29, 1.82) is 0 Å². The summed E-state index contributed by atoms with van der Waals surface area (Å²) in [6, 6.07) is 0. The Morgan fingerprint density at radius 2 is 0.667 bits per heavy atom. The quantitative estimate of drug-likeness (QED) is 0.0663. The van der Waals surface area contributed by atoms with Gasteiger partial charge < -0.3 is 4.18 Å². The lowest BCUT2D eigenvalue weighted by Gasteiger charge is -2.04.